The Morgan fingerprint density at radius 2 is 2.32 bits per heavy atom. The number of nitrogens with zero attached hydrogens (tertiary/aromatic N) is 3. The number of carbonyl (C=O) groups excluding carboxylic acids is 1. The SMILES string of the molecule is C=CCN(CC(=O)O)C(=O)NCCCn1ccnc1. The molecule has 2 N–H and O–H groups in total. The fourth-order valence-electron chi connectivity index (χ4n) is 1.53. The highest BCUT2D eigenvalue weighted by Crippen LogP contribution is 1.93. The van der Waals surface area contributed by atoms with Gasteiger partial charge in [-0.25, -0.2) is 9.78 Å². The number of hydrogen-bond acceptors (Lipinski definition) is 3. The smallest absolute Gasteiger partial charge is 0.323 e. The highest BCUT2D eigenvalue weighted by Gasteiger charge is 2.14. The average molecular weight is 266 g/mol. The Hall–Kier alpha value is -2.31. The van der Waals surface area contributed by atoms with Crippen molar-refractivity contribution in [2.24, 2.45) is 0 Å². The summed E-state index contributed by atoms with van der Waals surface area (Å²) in [5.74, 6) is -1.05. The maximum atomic E-state index is 11.7. The number of hydrogen-bond donors (Lipinski definition) is 2. The van der Waals surface area contributed by atoms with Crippen LogP contribution in [0.1, 0.15) is 6.42 Å². The van der Waals surface area contributed by atoms with E-state index in [0.29, 0.717) is 6.54 Å². The van der Waals surface area contributed by atoms with Crippen LogP contribution in [0.5, 0.6) is 0 Å². The Balaban J connectivity index is 2.27. The van der Waals surface area contributed by atoms with Crippen LogP contribution in [0.2, 0.25) is 0 Å². The number of aromatic nitrogens is 2. The zero-order valence-corrected chi connectivity index (χ0v) is 10.7. The molecule has 1 aromatic heterocycles. The number of urea groups is 1. The van der Waals surface area contributed by atoms with Gasteiger partial charge in [0.2, 0.25) is 0 Å². The minimum atomic E-state index is -1.05. The third kappa shape index (κ3) is 5.71. The topological polar surface area (TPSA) is 87.5 Å². The van der Waals surface area contributed by atoms with Crippen LogP contribution in [0.25, 0.3) is 0 Å². The van der Waals surface area contributed by atoms with Gasteiger partial charge in [0, 0.05) is 32.0 Å². The molecule has 0 bridgehead atoms. The molecule has 0 unspecified atom stereocenters. The lowest BCUT2D eigenvalue weighted by Crippen LogP contribution is -2.43. The van der Waals surface area contributed by atoms with Gasteiger partial charge >= 0.3 is 12.0 Å². The Morgan fingerprint density at radius 1 is 1.53 bits per heavy atom. The van der Waals surface area contributed by atoms with E-state index in [2.05, 4.69) is 16.9 Å². The summed E-state index contributed by atoms with van der Waals surface area (Å²) in [7, 11) is 0. The quantitative estimate of drug-likeness (QED) is 0.531. The van der Waals surface area contributed by atoms with Crippen molar-refractivity contribution in [3.05, 3.63) is 31.4 Å². The second kappa shape index (κ2) is 7.91. The lowest BCUT2D eigenvalue weighted by atomic mass is 10.4. The van der Waals surface area contributed by atoms with Crippen molar-refractivity contribution < 1.29 is 14.7 Å². The molecule has 2 amide bonds. The van der Waals surface area contributed by atoms with Crippen molar-refractivity contribution in [3.63, 3.8) is 0 Å². The predicted molar refractivity (Wildman–Crippen MR) is 69.6 cm³/mol. The van der Waals surface area contributed by atoms with Crippen molar-refractivity contribution in [1.29, 1.82) is 0 Å². The second-order valence-electron chi connectivity index (χ2n) is 3.95. The molecule has 0 saturated heterocycles. The van der Waals surface area contributed by atoms with E-state index < -0.39 is 12.0 Å². The van der Waals surface area contributed by atoms with Crippen LogP contribution >= 0.6 is 0 Å². The largest absolute Gasteiger partial charge is 0.480 e. The van der Waals surface area contributed by atoms with Crippen molar-refractivity contribution in [2.45, 2.75) is 13.0 Å². The number of nitrogens with one attached hydrogen (secondary N) is 1. The summed E-state index contributed by atoms with van der Waals surface area (Å²) in [6.07, 6.45) is 7.48. The van der Waals surface area contributed by atoms with Gasteiger partial charge in [-0.2, -0.15) is 0 Å². The third-order valence-electron chi connectivity index (χ3n) is 2.39. The molecule has 0 saturated carbocycles. The van der Waals surface area contributed by atoms with Crippen molar-refractivity contribution >= 4 is 12.0 Å². The van der Waals surface area contributed by atoms with Gasteiger partial charge in [-0.05, 0) is 6.42 Å². The Kier molecular flexibility index (Phi) is 6.14. The van der Waals surface area contributed by atoms with E-state index in [0.717, 1.165) is 13.0 Å². The van der Waals surface area contributed by atoms with Gasteiger partial charge in [0.15, 0.2) is 0 Å². The van der Waals surface area contributed by atoms with E-state index in [1.165, 1.54) is 11.0 Å². The first-order chi connectivity index (χ1) is 9.13. The third-order valence-corrected chi connectivity index (χ3v) is 2.39. The highest BCUT2D eigenvalue weighted by atomic mass is 16.4. The van der Waals surface area contributed by atoms with Crippen LogP contribution < -0.4 is 5.32 Å². The van der Waals surface area contributed by atoms with Gasteiger partial charge in [0.05, 0.1) is 6.33 Å². The Bertz CT molecular complexity index is 417. The van der Waals surface area contributed by atoms with Crippen LogP contribution in [0.3, 0.4) is 0 Å². The summed E-state index contributed by atoms with van der Waals surface area (Å²) in [6, 6.07) is -0.395. The predicted octanol–water partition coefficient (Wildman–Crippen LogP) is 0.555. The van der Waals surface area contributed by atoms with Gasteiger partial charge in [0.25, 0.3) is 0 Å². The molecule has 1 rings (SSSR count). The first kappa shape index (κ1) is 14.7. The molecule has 0 spiro atoms. The summed E-state index contributed by atoms with van der Waals surface area (Å²) in [5, 5.41) is 11.4. The molecule has 0 atom stereocenters. The standard InChI is InChI=1S/C12H18N4O3/c1-2-6-16(9-11(17)18)12(19)14-4-3-7-15-8-5-13-10-15/h2,5,8,10H,1,3-4,6-7,9H2,(H,14,19)(H,17,18). The lowest BCUT2D eigenvalue weighted by Gasteiger charge is -2.19. The molecular formula is C12H18N4O3. The van der Waals surface area contributed by atoms with E-state index in [-0.39, 0.29) is 13.1 Å². The summed E-state index contributed by atoms with van der Waals surface area (Å²) < 4.78 is 1.91. The van der Waals surface area contributed by atoms with E-state index in [4.69, 9.17) is 5.11 Å². The second-order valence-corrected chi connectivity index (χ2v) is 3.95. The van der Waals surface area contributed by atoms with Crippen LogP contribution in [0.4, 0.5) is 4.79 Å². The van der Waals surface area contributed by atoms with Gasteiger partial charge in [-0.15, -0.1) is 6.58 Å². The number of carboxylic acids is 1. The van der Waals surface area contributed by atoms with Crippen molar-refractivity contribution in [3.8, 4) is 0 Å². The fourth-order valence-corrected chi connectivity index (χ4v) is 1.53. The van der Waals surface area contributed by atoms with Gasteiger partial charge in [-0.3, -0.25) is 4.79 Å². The molecule has 1 aromatic rings. The first-order valence-corrected chi connectivity index (χ1v) is 5.94. The maximum Gasteiger partial charge on any atom is 0.323 e. The van der Waals surface area contributed by atoms with Crippen molar-refractivity contribution in [2.75, 3.05) is 19.6 Å². The molecule has 0 aliphatic carbocycles. The molecule has 0 aliphatic rings. The number of aryl methyl sites for hydroxylation is 1. The van der Waals surface area contributed by atoms with Crippen LogP contribution in [-0.2, 0) is 11.3 Å². The van der Waals surface area contributed by atoms with E-state index >= 15 is 0 Å². The summed E-state index contributed by atoms with van der Waals surface area (Å²) in [4.78, 5) is 27.4. The number of carbonyl (C=O) groups is 2. The molecule has 7 heteroatoms. The summed E-state index contributed by atoms with van der Waals surface area (Å²) >= 11 is 0. The van der Waals surface area contributed by atoms with E-state index in [1.807, 2.05) is 10.8 Å². The number of rotatable bonds is 8. The van der Waals surface area contributed by atoms with E-state index in [1.54, 1.807) is 12.5 Å². The zero-order chi connectivity index (χ0) is 14.1. The highest BCUT2D eigenvalue weighted by molar-refractivity contribution is 5.80. The molecule has 1 heterocycles. The molecular weight excluding hydrogens is 248 g/mol. The maximum absolute atomic E-state index is 11.7. The number of aliphatic carboxylic acids is 1. The molecule has 0 radical (unpaired) electrons. The van der Waals surface area contributed by atoms with Crippen LogP contribution in [-0.4, -0.2) is 51.2 Å². The normalized spacial score (nSPS) is 9.89. The van der Waals surface area contributed by atoms with Gasteiger partial charge in [-0.1, -0.05) is 6.08 Å². The Morgan fingerprint density at radius 3 is 2.89 bits per heavy atom. The summed E-state index contributed by atoms with van der Waals surface area (Å²) in [6.45, 7) is 4.60. The molecule has 19 heavy (non-hydrogen) atoms. The molecule has 0 aliphatic heterocycles. The molecule has 104 valence electrons. The average Bonchev–Trinajstić information content (AvgIpc) is 2.86. The minimum absolute atomic E-state index is 0.208. The number of imidazole rings is 1. The minimum Gasteiger partial charge on any atom is -0.480 e. The molecule has 7 nitrogen and oxygen atoms in total. The fraction of sp³-hybridized carbons (Fsp3) is 0.417. The zero-order valence-electron chi connectivity index (χ0n) is 10.7. The van der Waals surface area contributed by atoms with Crippen LogP contribution in [0.15, 0.2) is 31.4 Å². The van der Waals surface area contributed by atoms with E-state index in [9.17, 15) is 9.59 Å². The lowest BCUT2D eigenvalue weighted by molar-refractivity contribution is -0.137. The Labute approximate surface area is 111 Å². The summed E-state index contributed by atoms with van der Waals surface area (Å²) in [5.41, 5.74) is 0. The number of amides is 2. The first-order valence-electron chi connectivity index (χ1n) is 5.94. The van der Waals surface area contributed by atoms with Crippen molar-refractivity contribution in [1.82, 2.24) is 19.8 Å². The molecule has 0 aromatic carbocycles. The van der Waals surface area contributed by atoms with Gasteiger partial charge in [0.1, 0.15) is 6.54 Å². The number of carboxylic acid groups (broad SMARTS) is 1. The van der Waals surface area contributed by atoms with Crippen LogP contribution in [0, 0.1) is 0 Å². The molecule has 0 fully saturated rings. The van der Waals surface area contributed by atoms with Gasteiger partial charge < -0.3 is 19.9 Å². The monoisotopic (exact) mass is 266 g/mol.